The number of benzene rings is 1. The number of anilines is 2. The fourth-order valence-corrected chi connectivity index (χ4v) is 2.56. The summed E-state index contributed by atoms with van der Waals surface area (Å²) < 4.78 is 44.2. The highest BCUT2D eigenvalue weighted by molar-refractivity contribution is 9.10. The standard InChI is InChI=1S/C15H14BrF3N2O2/c1-8-6-12(16)23-13(8)14(22)20-10-7-9(15(17,18)19)4-5-11(10)21(2)3/h4-7H,1-3H3,(H,20,22). The molecule has 1 aromatic carbocycles. The fraction of sp³-hybridized carbons (Fsp3) is 0.267. The SMILES string of the molecule is Cc1cc(Br)oc1C(=O)Nc1cc(C(F)(F)F)ccc1N(C)C. The van der Waals surface area contributed by atoms with Crippen LogP contribution in [0.25, 0.3) is 0 Å². The summed E-state index contributed by atoms with van der Waals surface area (Å²) in [6.07, 6.45) is -4.49. The number of carbonyl (C=O) groups excluding carboxylic acids is 1. The van der Waals surface area contributed by atoms with Crippen molar-refractivity contribution in [1.82, 2.24) is 0 Å². The van der Waals surface area contributed by atoms with Crippen molar-refractivity contribution >= 4 is 33.2 Å². The number of carbonyl (C=O) groups is 1. The van der Waals surface area contributed by atoms with Crippen molar-refractivity contribution in [2.75, 3.05) is 24.3 Å². The van der Waals surface area contributed by atoms with Crippen molar-refractivity contribution in [3.05, 3.63) is 45.8 Å². The van der Waals surface area contributed by atoms with Crippen LogP contribution in [0, 0.1) is 6.92 Å². The number of halogens is 4. The van der Waals surface area contributed by atoms with Gasteiger partial charge in [-0.05, 0) is 47.1 Å². The maximum Gasteiger partial charge on any atom is 0.416 e. The molecule has 2 aromatic rings. The van der Waals surface area contributed by atoms with E-state index in [4.69, 9.17) is 4.42 Å². The number of amides is 1. The molecule has 0 aliphatic carbocycles. The van der Waals surface area contributed by atoms with Gasteiger partial charge in [-0.3, -0.25) is 4.79 Å². The van der Waals surface area contributed by atoms with E-state index in [1.807, 2.05) is 0 Å². The Labute approximate surface area is 139 Å². The maximum absolute atomic E-state index is 12.9. The zero-order valence-corrected chi connectivity index (χ0v) is 14.2. The molecule has 0 bridgehead atoms. The molecule has 0 aliphatic rings. The highest BCUT2D eigenvalue weighted by atomic mass is 79.9. The molecule has 124 valence electrons. The quantitative estimate of drug-likeness (QED) is 0.826. The van der Waals surface area contributed by atoms with Gasteiger partial charge in [-0.15, -0.1) is 0 Å². The second-order valence-electron chi connectivity index (χ2n) is 5.14. The van der Waals surface area contributed by atoms with Gasteiger partial charge in [-0.1, -0.05) is 0 Å². The normalized spacial score (nSPS) is 11.4. The number of hydrogen-bond donors (Lipinski definition) is 1. The lowest BCUT2D eigenvalue weighted by molar-refractivity contribution is -0.137. The van der Waals surface area contributed by atoms with Crippen LogP contribution in [-0.4, -0.2) is 20.0 Å². The lowest BCUT2D eigenvalue weighted by Gasteiger charge is -2.19. The lowest BCUT2D eigenvalue weighted by atomic mass is 10.1. The Morgan fingerprint density at radius 2 is 1.91 bits per heavy atom. The minimum absolute atomic E-state index is 0.0407. The first kappa shape index (κ1) is 17.4. The van der Waals surface area contributed by atoms with Gasteiger partial charge in [-0.25, -0.2) is 0 Å². The Bertz CT molecular complexity index is 739. The van der Waals surface area contributed by atoms with Gasteiger partial charge < -0.3 is 14.6 Å². The molecule has 0 saturated heterocycles. The van der Waals surface area contributed by atoms with Crippen LogP contribution in [0.3, 0.4) is 0 Å². The number of aryl methyl sites for hydroxylation is 1. The third kappa shape index (κ3) is 3.87. The highest BCUT2D eigenvalue weighted by Crippen LogP contribution is 2.35. The monoisotopic (exact) mass is 390 g/mol. The summed E-state index contributed by atoms with van der Waals surface area (Å²) in [4.78, 5) is 13.9. The van der Waals surface area contributed by atoms with E-state index in [9.17, 15) is 18.0 Å². The van der Waals surface area contributed by atoms with E-state index in [-0.39, 0.29) is 11.4 Å². The van der Waals surface area contributed by atoms with Crippen LogP contribution in [-0.2, 0) is 6.18 Å². The lowest BCUT2D eigenvalue weighted by Crippen LogP contribution is -2.18. The van der Waals surface area contributed by atoms with Crippen LogP contribution in [0.4, 0.5) is 24.5 Å². The summed E-state index contributed by atoms with van der Waals surface area (Å²) in [5, 5.41) is 2.48. The fourth-order valence-electron chi connectivity index (χ4n) is 2.05. The average molecular weight is 391 g/mol. The number of nitrogens with zero attached hydrogens (tertiary/aromatic N) is 1. The number of hydrogen-bond acceptors (Lipinski definition) is 3. The van der Waals surface area contributed by atoms with Crippen molar-refractivity contribution in [2.24, 2.45) is 0 Å². The third-order valence-electron chi connectivity index (χ3n) is 3.15. The van der Waals surface area contributed by atoms with Gasteiger partial charge in [0.15, 0.2) is 10.4 Å². The molecule has 0 radical (unpaired) electrons. The molecule has 4 nitrogen and oxygen atoms in total. The van der Waals surface area contributed by atoms with Gasteiger partial charge >= 0.3 is 6.18 Å². The Morgan fingerprint density at radius 3 is 2.39 bits per heavy atom. The van der Waals surface area contributed by atoms with Gasteiger partial charge in [-0.2, -0.15) is 13.2 Å². The first-order valence-corrected chi connectivity index (χ1v) is 7.34. The first-order valence-electron chi connectivity index (χ1n) is 6.55. The number of rotatable bonds is 3. The van der Waals surface area contributed by atoms with E-state index in [0.29, 0.717) is 15.9 Å². The van der Waals surface area contributed by atoms with E-state index in [0.717, 1.165) is 12.1 Å². The van der Waals surface area contributed by atoms with E-state index in [1.165, 1.54) is 6.07 Å². The van der Waals surface area contributed by atoms with Crippen molar-refractivity contribution in [3.63, 3.8) is 0 Å². The molecule has 1 aromatic heterocycles. The molecule has 0 spiro atoms. The van der Waals surface area contributed by atoms with Crippen molar-refractivity contribution in [2.45, 2.75) is 13.1 Å². The van der Waals surface area contributed by atoms with Crippen LogP contribution in [0.1, 0.15) is 21.7 Å². The van der Waals surface area contributed by atoms with Crippen LogP contribution < -0.4 is 10.2 Å². The molecule has 1 N–H and O–H groups in total. The molecule has 1 amide bonds. The summed E-state index contributed by atoms with van der Waals surface area (Å²) >= 11 is 3.11. The number of furan rings is 1. The Morgan fingerprint density at radius 1 is 1.26 bits per heavy atom. The van der Waals surface area contributed by atoms with Crippen molar-refractivity contribution < 1.29 is 22.4 Å². The van der Waals surface area contributed by atoms with Crippen LogP contribution in [0.15, 0.2) is 33.4 Å². The third-order valence-corrected chi connectivity index (χ3v) is 3.54. The zero-order valence-electron chi connectivity index (χ0n) is 12.6. The van der Waals surface area contributed by atoms with Gasteiger partial charge in [0.05, 0.1) is 16.9 Å². The van der Waals surface area contributed by atoms with Gasteiger partial charge in [0.1, 0.15) is 0 Å². The highest BCUT2D eigenvalue weighted by Gasteiger charge is 2.31. The van der Waals surface area contributed by atoms with Crippen LogP contribution in [0.5, 0.6) is 0 Å². The van der Waals surface area contributed by atoms with Gasteiger partial charge in [0.25, 0.3) is 5.91 Å². The molecule has 0 atom stereocenters. The molecule has 2 rings (SSSR count). The molecule has 23 heavy (non-hydrogen) atoms. The smallest absolute Gasteiger partial charge is 0.416 e. The molecule has 0 aliphatic heterocycles. The summed E-state index contributed by atoms with van der Waals surface area (Å²) in [7, 11) is 3.35. The van der Waals surface area contributed by atoms with Crippen LogP contribution in [0.2, 0.25) is 0 Å². The number of alkyl halides is 3. The predicted molar refractivity (Wildman–Crippen MR) is 84.9 cm³/mol. The van der Waals surface area contributed by atoms with E-state index < -0.39 is 17.6 Å². The van der Waals surface area contributed by atoms with Gasteiger partial charge in [0, 0.05) is 19.7 Å². The summed E-state index contributed by atoms with van der Waals surface area (Å²) in [5.41, 5.74) is 0.250. The first-order chi connectivity index (χ1) is 10.6. The largest absolute Gasteiger partial charge is 0.444 e. The summed E-state index contributed by atoms with van der Waals surface area (Å²) in [6.45, 7) is 1.67. The Hall–Kier alpha value is -1.96. The minimum atomic E-state index is -4.49. The molecule has 8 heteroatoms. The summed E-state index contributed by atoms with van der Waals surface area (Å²) in [6, 6.07) is 4.79. The maximum atomic E-state index is 12.9. The second-order valence-corrected chi connectivity index (χ2v) is 5.92. The number of nitrogens with one attached hydrogen (secondary N) is 1. The van der Waals surface area contributed by atoms with E-state index >= 15 is 0 Å². The molecule has 0 unspecified atom stereocenters. The van der Waals surface area contributed by atoms with Crippen LogP contribution >= 0.6 is 15.9 Å². The van der Waals surface area contributed by atoms with E-state index in [1.54, 1.807) is 32.0 Å². The van der Waals surface area contributed by atoms with E-state index in [2.05, 4.69) is 21.2 Å². The minimum Gasteiger partial charge on any atom is -0.444 e. The topological polar surface area (TPSA) is 45.5 Å². The Kier molecular flexibility index (Phi) is 4.74. The molecule has 0 fully saturated rings. The molecule has 0 saturated carbocycles. The second kappa shape index (κ2) is 6.27. The summed E-state index contributed by atoms with van der Waals surface area (Å²) in [5.74, 6) is -0.574. The van der Waals surface area contributed by atoms with Gasteiger partial charge in [0.2, 0.25) is 0 Å². The molecular weight excluding hydrogens is 377 g/mol. The van der Waals surface area contributed by atoms with Crippen molar-refractivity contribution in [1.29, 1.82) is 0 Å². The molecule has 1 heterocycles. The van der Waals surface area contributed by atoms with Crippen molar-refractivity contribution in [3.8, 4) is 0 Å². The molecular formula is C15H14BrF3N2O2. The Balaban J connectivity index is 2.40. The predicted octanol–water partition coefficient (Wildman–Crippen LogP) is 4.69. The zero-order chi connectivity index (χ0) is 17.4. The average Bonchev–Trinajstić information content (AvgIpc) is 2.76.